The van der Waals surface area contributed by atoms with Crippen molar-refractivity contribution >= 4 is 24.4 Å². The fraction of sp³-hybridized carbons (Fsp3) is 0. The molecule has 0 spiro atoms. The van der Waals surface area contributed by atoms with E-state index in [-0.39, 0.29) is 24.4 Å². The standard InChI is InChI=1S/C5H5N.CH2O2.As/c1-2-4-6-5-3-1;2-1-3;/h1-5H;1H,(H,2,3);. The van der Waals surface area contributed by atoms with E-state index in [0.29, 0.717) is 0 Å². The average molecular weight is 200 g/mol. The van der Waals surface area contributed by atoms with E-state index in [1.807, 2.05) is 18.2 Å². The second-order valence-electron chi connectivity index (χ2n) is 1.13. The Morgan fingerprint density at radius 3 is 1.70 bits per heavy atom. The van der Waals surface area contributed by atoms with E-state index in [1.165, 1.54) is 0 Å². The van der Waals surface area contributed by atoms with Gasteiger partial charge in [0.25, 0.3) is 6.47 Å². The molecule has 0 fully saturated rings. The van der Waals surface area contributed by atoms with Gasteiger partial charge in [-0.15, -0.1) is 0 Å². The second-order valence-corrected chi connectivity index (χ2v) is 1.13. The van der Waals surface area contributed by atoms with Crippen LogP contribution in [0, 0.1) is 0 Å². The molecule has 0 bridgehead atoms. The molecule has 0 amide bonds. The Kier molecular flexibility index (Phi) is 13.2. The summed E-state index contributed by atoms with van der Waals surface area (Å²) in [5.41, 5.74) is 0. The van der Waals surface area contributed by atoms with Crippen LogP contribution in [0.2, 0.25) is 0 Å². The fourth-order valence-corrected chi connectivity index (χ4v) is 0.313. The minimum Gasteiger partial charge on any atom is -0.483 e. The number of carboxylic acid groups (broad SMARTS) is 1. The fourth-order valence-electron chi connectivity index (χ4n) is 0.313. The Hall–Kier alpha value is -0.822. The van der Waals surface area contributed by atoms with Gasteiger partial charge in [0, 0.05) is 30.3 Å². The van der Waals surface area contributed by atoms with Crippen LogP contribution in [0.3, 0.4) is 0 Å². The molecule has 1 N–H and O–H groups in total. The first-order valence-corrected chi connectivity index (χ1v) is 2.34. The van der Waals surface area contributed by atoms with E-state index in [0.717, 1.165) is 0 Å². The molecule has 0 aliphatic heterocycles. The Morgan fingerprint density at radius 1 is 1.20 bits per heavy atom. The van der Waals surface area contributed by atoms with Gasteiger partial charge in [-0.05, 0) is 12.1 Å². The summed E-state index contributed by atoms with van der Waals surface area (Å²) in [7, 11) is 0. The molecule has 1 aromatic rings. The van der Waals surface area contributed by atoms with E-state index >= 15 is 0 Å². The van der Waals surface area contributed by atoms with Crippen molar-refractivity contribution < 1.29 is 9.90 Å². The van der Waals surface area contributed by atoms with Crippen LogP contribution in [0.25, 0.3) is 0 Å². The average Bonchev–Trinajstić information content (AvgIpc) is 1.93. The molecule has 4 heteroatoms. The SMILES string of the molecule is O=CO.[As].c1ccncc1. The van der Waals surface area contributed by atoms with Crippen molar-refractivity contribution in [1.29, 1.82) is 0 Å². The monoisotopic (exact) mass is 200 g/mol. The number of rotatable bonds is 0. The zero-order valence-corrected chi connectivity index (χ0v) is 7.09. The molecule has 1 rings (SSSR count). The molecule has 1 heterocycles. The van der Waals surface area contributed by atoms with Gasteiger partial charge in [0.05, 0.1) is 0 Å². The van der Waals surface area contributed by atoms with Crippen molar-refractivity contribution in [3.8, 4) is 0 Å². The third kappa shape index (κ3) is 10.2. The van der Waals surface area contributed by atoms with Crippen LogP contribution in [0.15, 0.2) is 30.6 Å². The van der Waals surface area contributed by atoms with Crippen LogP contribution in [-0.4, -0.2) is 34.5 Å². The van der Waals surface area contributed by atoms with Gasteiger partial charge in [-0.1, -0.05) is 6.07 Å². The third-order valence-electron chi connectivity index (χ3n) is 0.566. The van der Waals surface area contributed by atoms with Gasteiger partial charge >= 0.3 is 0 Å². The zero-order valence-electron chi connectivity index (χ0n) is 5.21. The summed E-state index contributed by atoms with van der Waals surface area (Å²) in [5, 5.41) is 6.89. The van der Waals surface area contributed by atoms with Crippen molar-refractivity contribution in [2.24, 2.45) is 0 Å². The van der Waals surface area contributed by atoms with E-state index in [1.54, 1.807) is 12.4 Å². The third-order valence-corrected chi connectivity index (χ3v) is 0.566. The van der Waals surface area contributed by atoms with Gasteiger partial charge in [-0.25, -0.2) is 0 Å². The minimum atomic E-state index is -0.250. The van der Waals surface area contributed by atoms with Crippen molar-refractivity contribution in [3.05, 3.63) is 30.6 Å². The largest absolute Gasteiger partial charge is 0.483 e. The van der Waals surface area contributed by atoms with Gasteiger partial charge in [0.15, 0.2) is 0 Å². The summed E-state index contributed by atoms with van der Waals surface area (Å²) in [5.74, 6) is 0. The van der Waals surface area contributed by atoms with Gasteiger partial charge in [-0.2, -0.15) is 0 Å². The van der Waals surface area contributed by atoms with E-state index in [4.69, 9.17) is 9.90 Å². The Balaban J connectivity index is 0. The maximum atomic E-state index is 8.36. The first-order valence-electron chi connectivity index (χ1n) is 2.34. The number of nitrogens with zero attached hydrogens (tertiary/aromatic N) is 1. The van der Waals surface area contributed by atoms with Gasteiger partial charge in [0.2, 0.25) is 0 Å². The summed E-state index contributed by atoms with van der Waals surface area (Å²) in [6.07, 6.45) is 3.50. The first kappa shape index (κ1) is 11.9. The van der Waals surface area contributed by atoms with Crippen molar-refractivity contribution in [3.63, 3.8) is 0 Å². The summed E-state index contributed by atoms with van der Waals surface area (Å²) >= 11 is 0. The van der Waals surface area contributed by atoms with E-state index < -0.39 is 0 Å². The molecule has 3 nitrogen and oxygen atoms in total. The molecule has 1 aromatic heterocycles. The number of aromatic nitrogens is 1. The molecule has 0 aliphatic rings. The summed E-state index contributed by atoms with van der Waals surface area (Å²) in [6, 6.07) is 5.72. The molecule has 0 atom stereocenters. The molecule has 0 aliphatic carbocycles. The first-order chi connectivity index (χ1) is 4.41. The summed E-state index contributed by atoms with van der Waals surface area (Å²) in [4.78, 5) is 12.1. The minimum absolute atomic E-state index is 0. The number of hydrogen-bond donors (Lipinski definition) is 1. The van der Waals surface area contributed by atoms with Crippen LogP contribution < -0.4 is 0 Å². The van der Waals surface area contributed by atoms with Crippen LogP contribution >= 0.6 is 0 Å². The number of carbonyl (C=O) groups is 1. The van der Waals surface area contributed by atoms with Gasteiger partial charge in [-0.3, -0.25) is 9.78 Å². The molecule has 0 saturated carbocycles. The number of pyridine rings is 1. The quantitative estimate of drug-likeness (QED) is 0.487. The molecule has 0 aromatic carbocycles. The smallest absolute Gasteiger partial charge is 0.290 e. The summed E-state index contributed by atoms with van der Waals surface area (Å²) < 4.78 is 0. The Bertz CT molecular complexity index is 119. The molecule has 0 unspecified atom stereocenters. The summed E-state index contributed by atoms with van der Waals surface area (Å²) in [6.45, 7) is -0.250. The molecular formula is C6H7AsNO2. The van der Waals surface area contributed by atoms with Gasteiger partial charge < -0.3 is 5.11 Å². The van der Waals surface area contributed by atoms with Crippen LogP contribution in [0.4, 0.5) is 0 Å². The van der Waals surface area contributed by atoms with Crippen LogP contribution in [0.5, 0.6) is 0 Å². The maximum absolute atomic E-state index is 8.36. The van der Waals surface area contributed by atoms with Crippen molar-refractivity contribution in [2.45, 2.75) is 0 Å². The van der Waals surface area contributed by atoms with Crippen molar-refractivity contribution in [2.75, 3.05) is 0 Å². The maximum Gasteiger partial charge on any atom is 0.290 e. The topological polar surface area (TPSA) is 50.2 Å². The van der Waals surface area contributed by atoms with Gasteiger partial charge in [0.1, 0.15) is 0 Å². The predicted octanol–water partition coefficient (Wildman–Crippen LogP) is 0.402. The van der Waals surface area contributed by atoms with Crippen LogP contribution in [0.1, 0.15) is 0 Å². The molecular weight excluding hydrogens is 193 g/mol. The Morgan fingerprint density at radius 2 is 1.60 bits per heavy atom. The Labute approximate surface area is 70.4 Å². The second kappa shape index (κ2) is 11.0. The molecule has 10 heavy (non-hydrogen) atoms. The van der Waals surface area contributed by atoms with Crippen molar-refractivity contribution in [1.82, 2.24) is 4.98 Å². The van der Waals surface area contributed by atoms with E-state index in [9.17, 15) is 0 Å². The molecule has 53 valence electrons. The zero-order chi connectivity index (χ0) is 6.95. The number of hydrogen-bond acceptors (Lipinski definition) is 2. The molecule has 0 saturated heterocycles. The molecule has 3 radical (unpaired) electrons. The van der Waals surface area contributed by atoms with E-state index in [2.05, 4.69) is 4.98 Å². The van der Waals surface area contributed by atoms with Crippen LogP contribution in [-0.2, 0) is 4.79 Å². The predicted molar refractivity (Wildman–Crippen MR) is 38.7 cm³/mol. The normalized spacial score (nSPS) is 6.00.